The first kappa shape index (κ1) is 13.7. The van der Waals surface area contributed by atoms with Gasteiger partial charge in [0.2, 0.25) is 0 Å². The molecule has 0 spiro atoms. The second kappa shape index (κ2) is 7.07. The molecular formula is C12H26N2OSi. The lowest BCUT2D eigenvalue weighted by molar-refractivity contribution is 0.317. The number of hydrogen-bond acceptors (Lipinski definition) is 3. The Hall–Kier alpha value is -0.353. The Morgan fingerprint density at radius 1 is 1.31 bits per heavy atom. The van der Waals surface area contributed by atoms with E-state index < -0.39 is 8.32 Å². The van der Waals surface area contributed by atoms with Gasteiger partial charge in [-0.1, -0.05) is 13.8 Å². The fourth-order valence-electron chi connectivity index (χ4n) is 2.38. The monoisotopic (exact) mass is 242 g/mol. The lowest BCUT2D eigenvalue weighted by Gasteiger charge is -2.29. The minimum absolute atomic E-state index is 0.888. The number of aliphatic imine (C=N–C) groups is 1. The number of hydrogen-bond donors (Lipinski definition) is 0. The van der Waals surface area contributed by atoms with Crippen molar-refractivity contribution in [2.24, 2.45) is 4.99 Å². The van der Waals surface area contributed by atoms with Crippen LogP contribution in [0.3, 0.4) is 0 Å². The summed E-state index contributed by atoms with van der Waals surface area (Å²) in [4.78, 5) is 6.57. The smallest absolute Gasteiger partial charge is 0.192 e. The summed E-state index contributed by atoms with van der Waals surface area (Å²) >= 11 is 0. The molecule has 0 radical (unpaired) electrons. The Labute approximate surface area is 101 Å². The standard InChI is InChI=1S/C12H26N2OSi/c1-4-15-16(5-2,6-3)11-7-9-14-10-8-13-12-14/h12H,4-11H2,1-3H3. The van der Waals surface area contributed by atoms with Crippen molar-refractivity contribution in [3.63, 3.8) is 0 Å². The zero-order valence-corrected chi connectivity index (χ0v) is 12.0. The van der Waals surface area contributed by atoms with Gasteiger partial charge in [-0.3, -0.25) is 4.99 Å². The summed E-state index contributed by atoms with van der Waals surface area (Å²) in [5, 5.41) is 0. The first-order valence-corrected chi connectivity index (χ1v) is 9.17. The predicted octanol–water partition coefficient (Wildman–Crippen LogP) is 2.74. The van der Waals surface area contributed by atoms with Crippen LogP contribution in [0.25, 0.3) is 0 Å². The Kier molecular flexibility index (Phi) is 6.06. The summed E-state index contributed by atoms with van der Waals surface area (Å²) < 4.78 is 6.08. The van der Waals surface area contributed by atoms with Gasteiger partial charge in [-0.25, -0.2) is 0 Å². The average molecular weight is 242 g/mol. The molecule has 0 aliphatic carbocycles. The van der Waals surface area contributed by atoms with Crippen LogP contribution >= 0.6 is 0 Å². The van der Waals surface area contributed by atoms with E-state index in [1.807, 2.05) is 6.34 Å². The van der Waals surface area contributed by atoms with E-state index in [2.05, 4.69) is 30.7 Å². The van der Waals surface area contributed by atoms with Crippen LogP contribution in [0, 0.1) is 0 Å². The van der Waals surface area contributed by atoms with Crippen molar-refractivity contribution in [3.05, 3.63) is 0 Å². The lowest BCUT2D eigenvalue weighted by atomic mass is 10.4. The third-order valence-electron chi connectivity index (χ3n) is 3.58. The fourth-order valence-corrected chi connectivity index (χ4v) is 5.55. The summed E-state index contributed by atoms with van der Waals surface area (Å²) in [6, 6.07) is 3.81. The van der Waals surface area contributed by atoms with Gasteiger partial charge in [-0.05, 0) is 31.5 Å². The summed E-state index contributed by atoms with van der Waals surface area (Å²) in [5.41, 5.74) is 0. The molecule has 0 aromatic rings. The van der Waals surface area contributed by atoms with Crippen LogP contribution in [0.4, 0.5) is 0 Å². The highest BCUT2D eigenvalue weighted by Crippen LogP contribution is 2.23. The van der Waals surface area contributed by atoms with E-state index in [4.69, 9.17) is 4.43 Å². The largest absolute Gasteiger partial charge is 0.417 e. The number of rotatable bonds is 8. The number of nitrogens with zero attached hydrogens (tertiary/aromatic N) is 2. The SMILES string of the molecule is CCO[Si](CC)(CC)CCCN1C=NCC1. The van der Waals surface area contributed by atoms with Gasteiger partial charge < -0.3 is 9.33 Å². The molecule has 1 heterocycles. The van der Waals surface area contributed by atoms with Gasteiger partial charge in [0.25, 0.3) is 0 Å². The molecule has 1 aliphatic heterocycles. The maximum absolute atomic E-state index is 6.08. The van der Waals surface area contributed by atoms with Crippen molar-refractivity contribution < 1.29 is 4.43 Å². The molecule has 0 aromatic heterocycles. The van der Waals surface area contributed by atoms with Gasteiger partial charge in [-0.15, -0.1) is 0 Å². The second-order valence-corrected chi connectivity index (χ2v) is 9.05. The first-order chi connectivity index (χ1) is 7.76. The van der Waals surface area contributed by atoms with Crippen molar-refractivity contribution in [3.8, 4) is 0 Å². The van der Waals surface area contributed by atoms with E-state index in [1.54, 1.807) is 0 Å². The van der Waals surface area contributed by atoms with E-state index in [-0.39, 0.29) is 0 Å². The van der Waals surface area contributed by atoms with E-state index in [0.717, 1.165) is 26.2 Å². The Bertz CT molecular complexity index is 217. The highest BCUT2D eigenvalue weighted by Gasteiger charge is 2.29. The fraction of sp³-hybridized carbons (Fsp3) is 0.917. The van der Waals surface area contributed by atoms with Gasteiger partial charge >= 0.3 is 0 Å². The van der Waals surface area contributed by atoms with Crippen LogP contribution in [0.5, 0.6) is 0 Å². The second-order valence-electron chi connectivity index (χ2n) is 4.48. The third kappa shape index (κ3) is 3.90. The molecule has 0 fully saturated rings. The van der Waals surface area contributed by atoms with E-state index in [1.165, 1.54) is 24.6 Å². The average Bonchev–Trinajstić information content (AvgIpc) is 2.81. The van der Waals surface area contributed by atoms with Crippen molar-refractivity contribution in [2.75, 3.05) is 26.2 Å². The molecule has 4 heteroatoms. The molecule has 0 atom stereocenters. The predicted molar refractivity (Wildman–Crippen MR) is 72.7 cm³/mol. The summed E-state index contributed by atoms with van der Waals surface area (Å²) in [5.74, 6) is 0. The van der Waals surface area contributed by atoms with E-state index in [9.17, 15) is 0 Å². The van der Waals surface area contributed by atoms with Crippen LogP contribution in [-0.4, -0.2) is 45.8 Å². The molecule has 0 aromatic carbocycles. The van der Waals surface area contributed by atoms with Crippen molar-refractivity contribution in [2.45, 2.75) is 45.3 Å². The van der Waals surface area contributed by atoms with Gasteiger partial charge in [0, 0.05) is 19.7 Å². The highest BCUT2D eigenvalue weighted by atomic mass is 28.4. The molecule has 0 amide bonds. The van der Waals surface area contributed by atoms with Crippen molar-refractivity contribution >= 4 is 14.7 Å². The first-order valence-electron chi connectivity index (χ1n) is 6.64. The zero-order valence-electron chi connectivity index (χ0n) is 11.0. The minimum atomic E-state index is -1.39. The van der Waals surface area contributed by atoms with Crippen LogP contribution in [0.15, 0.2) is 4.99 Å². The molecule has 1 rings (SSSR count). The van der Waals surface area contributed by atoms with Crippen molar-refractivity contribution in [1.29, 1.82) is 0 Å². The molecular weight excluding hydrogens is 216 g/mol. The Morgan fingerprint density at radius 2 is 2.06 bits per heavy atom. The van der Waals surface area contributed by atoms with Crippen LogP contribution in [0.2, 0.25) is 18.1 Å². The van der Waals surface area contributed by atoms with Gasteiger partial charge in [0.1, 0.15) is 0 Å². The van der Waals surface area contributed by atoms with Gasteiger partial charge in [0.05, 0.1) is 12.9 Å². The zero-order chi connectivity index (χ0) is 11.9. The van der Waals surface area contributed by atoms with E-state index in [0.29, 0.717) is 0 Å². The van der Waals surface area contributed by atoms with Gasteiger partial charge in [-0.2, -0.15) is 0 Å². The minimum Gasteiger partial charge on any atom is -0.417 e. The topological polar surface area (TPSA) is 24.8 Å². The molecule has 0 bridgehead atoms. The molecule has 1 aliphatic rings. The third-order valence-corrected chi connectivity index (χ3v) is 8.32. The molecule has 0 unspecified atom stereocenters. The van der Waals surface area contributed by atoms with Crippen LogP contribution in [-0.2, 0) is 4.43 Å². The molecule has 0 saturated carbocycles. The Morgan fingerprint density at radius 3 is 2.56 bits per heavy atom. The maximum Gasteiger partial charge on any atom is 0.192 e. The highest BCUT2D eigenvalue weighted by molar-refractivity contribution is 6.73. The van der Waals surface area contributed by atoms with Crippen LogP contribution < -0.4 is 0 Å². The lowest BCUT2D eigenvalue weighted by Crippen LogP contribution is -2.37. The molecule has 0 saturated heterocycles. The summed E-state index contributed by atoms with van der Waals surface area (Å²) in [6.45, 7) is 10.9. The van der Waals surface area contributed by atoms with Gasteiger partial charge in [0.15, 0.2) is 8.32 Å². The van der Waals surface area contributed by atoms with Crippen molar-refractivity contribution in [1.82, 2.24) is 4.90 Å². The summed E-state index contributed by atoms with van der Waals surface area (Å²) in [7, 11) is -1.39. The Balaban J connectivity index is 2.28. The molecule has 94 valence electrons. The van der Waals surface area contributed by atoms with E-state index >= 15 is 0 Å². The molecule has 3 nitrogen and oxygen atoms in total. The molecule has 0 N–H and O–H groups in total. The van der Waals surface area contributed by atoms with Crippen LogP contribution in [0.1, 0.15) is 27.2 Å². The summed E-state index contributed by atoms with van der Waals surface area (Å²) in [6.07, 6.45) is 3.27. The quantitative estimate of drug-likeness (QED) is 0.611. The molecule has 16 heavy (non-hydrogen) atoms. The normalized spacial score (nSPS) is 16.1. The maximum atomic E-state index is 6.08.